The topological polar surface area (TPSA) is 52.8 Å². The molecule has 1 aromatic heterocycles. The van der Waals surface area contributed by atoms with Crippen molar-refractivity contribution in [1.82, 2.24) is 9.97 Å². The van der Waals surface area contributed by atoms with Crippen LogP contribution in [0.4, 0.5) is 14.6 Å². The molecule has 0 spiro atoms. The number of rotatable bonds is 2. The van der Waals surface area contributed by atoms with Gasteiger partial charge in [0, 0.05) is 25.7 Å². The van der Waals surface area contributed by atoms with Gasteiger partial charge < -0.3 is 4.90 Å². The molecule has 0 radical (unpaired) electrons. The number of hydrogen-bond acceptors (Lipinski definition) is 4. The maximum absolute atomic E-state index is 13.2. The van der Waals surface area contributed by atoms with Gasteiger partial charge in [0.1, 0.15) is 17.6 Å². The Morgan fingerprint density at radius 1 is 1.11 bits per heavy atom. The minimum absolute atomic E-state index is 0.165. The van der Waals surface area contributed by atoms with E-state index in [-0.39, 0.29) is 11.5 Å². The molecule has 0 aliphatic carbocycles. The van der Waals surface area contributed by atoms with Crippen LogP contribution in [0.5, 0.6) is 0 Å². The molecular weight excluding hydrogens is 250 g/mol. The Labute approximate surface area is 109 Å². The molecule has 2 aromatic rings. The third-order valence-corrected chi connectivity index (χ3v) is 2.46. The first kappa shape index (κ1) is 12.9. The van der Waals surface area contributed by atoms with Gasteiger partial charge in [0.2, 0.25) is 0 Å². The van der Waals surface area contributed by atoms with Crippen LogP contribution in [0.25, 0.3) is 11.4 Å². The van der Waals surface area contributed by atoms with Crippen LogP contribution in [0.1, 0.15) is 5.69 Å². The van der Waals surface area contributed by atoms with Crippen molar-refractivity contribution in [3.05, 3.63) is 41.6 Å². The summed E-state index contributed by atoms with van der Waals surface area (Å²) in [6.45, 7) is 0. The van der Waals surface area contributed by atoms with Crippen molar-refractivity contribution in [2.24, 2.45) is 0 Å². The van der Waals surface area contributed by atoms with Gasteiger partial charge in [-0.15, -0.1) is 0 Å². The highest BCUT2D eigenvalue weighted by Crippen LogP contribution is 2.21. The predicted molar refractivity (Wildman–Crippen MR) is 66.4 cm³/mol. The van der Waals surface area contributed by atoms with Crippen molar-refractivity contribution < 1.29 is 8.78 Å². The van der Waals surface area contributed by atoms with Crippen LogP contribution in [0, 0.1) is 23.0 Å². The van der Waals surface area contributed by atoms with Gasteiger partial charge in [0.15, 0.2) is 17.5 Å². The first-order valence-corrected chi connectivity index (χ1v) is 5.43. The summed E-state index contributed by atoms with van der Waals surface area (Å²) < 4.78 is 26.1. The summed E-state index contributed by atoms with van der Waals surface area (Å²) in [5.74, 6) is -1.21. The van der Waals surface area contributed by atoms with Crippen molar-refractivity contribution in [2.75, 3.05) is 19.0 Å². The molecule has 96 valence electrons. The number of halogens is 2. The molecule has 4 nitrogen and oxygen atoms in total. The first-order chi connectivity index (χ1) is 9.01. The van der Waals surface area contributed by atoms with Crippen LogP contribution in [-0.2, 0) is 0 Å². The molecule has 1 heterocycles. The number of benzene rings is 1. The van der Waals surface area contributed by atoms with E-state index in [1.54, 1.807) is 19.0 Å². The first-order valence-electron chi connectivity index (χ1n) is 5.43. The molecule has 0 unspecified atom stereocenters. The Kier molecular flexibility index (Phi) is 3.38. The molecule has 6 heteroatoms. The van der Waals surface area contributed by atoms with Crippen molar-refractivity contribution in [3.63, 3.8) is 0 Å². The zero-order valence-electron chi connectivity index (χ0n) is 10.4. The van der Waals surface area contributed by atoms with E-state index in [0.29, 0.717) is 11.4 Å². The molecule has 0 aliphatic rings. The maximum atomic E-state index is 13.2. The lowest BCUT2D eigenvalue weighted by molar-refractivity contribution is 0.509. The Hall–Kier alpha value is -2.55. The van der Waals surface area contributed by atoms with E-state index in [9.17, 15) is 8.78 Å². The number of anilines is 1. The van der Waals surface area contributed by atoms with Crippen LogP contribution in [0.3, 0.4) is 0 Å². The molecular formula is C13H10F2N4. The van der Waals surface area contributed by atoms with E-state index >= 15 is 0 Å². The number of aromatic nitrogens is 2. The standard InChI is InChI=1S/C13H10F2N4/c1-19(2)12-6-9(7-16)17-13(18-12)8-3-4-10(14)11(15)5-8/h3-6H,1-2H3. The molecule has 0 aliphatic heterocycles. The van der Waals surface area contributed by atoms with Crippen LogP contribution in [0.15, 0.2) is 24.3 Å². The predicted octanol–water partition coefficient (Wildman–Crippen LogP) is 2.36. The third-order valence-electron chi connectivity index (χ3n) is 2.46. The summed E-state index contributed by atoms with van der Waals surface area (Å²) in [7, 11) is 3.52. The fraction of sp³-hybridized carbons (Fsp3) is 0.154. The van der Waals surface area contributed by atoms with Crippen molar-refractivity contribution in [2.45, 2.75) is 0 Å². The highest BCUT2D eigenvalue weighted by molar-refractivity contribution is 5.59. The fourth-order valence-electron chi connectivity index (χ4n) is 1.49. The van der Waals surface area contributed by atoms with E-state index in [0.717, 1.165) is 12.1 Å². The zero-order chi connectivity index (χ0) is 14.0. The van der Waals surface area contributed by atoms with Gasteiger partial charge in [-0.2, -0.15) is 5.26 Å². The Morgan fingerprint density at radius 2 is 1.84 bits per heavy atom. The second-order valence-electron chi connectivity index (χ2n) is 4.07. The average Bonchev–Trinajstić information content (AvgIpc) is 2.41. The van der Waals surface area contributed by atoms with Crippen molar-refractivity contribution >= 4 is 5.82 Å². The molecule has 0 N–H and O–H groups in total. The van der Waals surface area contributed by atoms with Gasteiger partial charge in [-0.05, 0) is 18.2 Å². The SMILES string of the molecule is CN(C)c1cc(C#N)nc(-c2ccc(F)c(F)c2)n1. The fourth-order valence-corrected chi connectivity index (χ4v) is 1.49. The van der Waals surface area contributed by atoms with Gasteiger partial charge in [0.05, 0.1) is 0 Å². The summed E-state index contributed by atoms with van der Waals surface area (Å²) in [5, 5.41) is 8.92. The number of hydrogen-bond donors (Lipinski definition) is 0. The van der Waals surface area contributed by atoms with Crippen LogP contribution >= 0.6 is 0 Å². The molecule has 19 heavy (non-hydrogen) atoms. The third kappa shape index (κ3) is 2.65. The lowest BCUT2D eigenvalue weighted by Crippen LogP contribution is -2.12. The lowest BCUT2D eigenvalue weighted by atomic mass is 10.2. The summed E-state index contributed by atoms with van der Waals surface area (Å²) in [5.41, 5.74) is 0.484. The number of nitrogens with zero attached hydrogens (tertiary/aromatic N) is 4. The zero-order valence-corrected chi connectivity index (χ0v) is 10.4. The molecule has 0 atom stereocenters. The normalized spacial score (nSPS) is 10.1. The minimum atomic E-state index is -0.977. The molecule has 0 amide bonds. The highest BCUT2D eigenvalue weighted by Gasteiger charge is 2.10. The highest BCUT2D eigenvalue weighted by atomic mass is 19.2. The molecule has 2 rings (SSSR count). The van der Waals surface area contributed by atoms with Crippen molar-refractivity contribution in [1.29, 1.82) is 5.26 Å². The lowest BCUT2D eigenvalue weighted by Gasteiger charge is -2.12. The van der Waals surface area contributed by atoms with Gasteiger partial charge in [-0.1, -0.05) is 0 Å². The summed E-state index contributed by atoms with van der Waals surface area (Å²) in [6.07, 6.45) is 0. The van der Waals surface area contributed by atoms with E-state index in [4.69, 9.17) is 5.26 Å². The quantitative estimate of drug-likeness (QED) is 0.831. The van der Waals surface area contributed by atoms with Gasteiger partial charge in [-0.25, -0.2) is 18.7 Å². The molecule has 0 saturated carbocycles. The maximum Gasteiger partial charge on any atom is 0.163 e. The van der Waals surface area contributed by atoms with E-state index in [1.165, 1.54) is 12.1 Å². The second kappa shape index (κ2) is 4.98. The summed E-state index contributed by atoms with van der Waals surface area (Å²) in [6, 6.07) is 6.81. The molecule has 0 bridgehead atoms. The van der Waals surface area contributed by atoms with Gasteiger partial charge in [-0.3, -0.25) is 0 Å². The summed E-state index contributed by atoms with van der Waals surface area (Å²) in [4.78, 5) is 9.88. The van der Waals surface area contributed by atoms with Gasteiger partial charge in [0.25, 0.3) is 0 Å². The molecule has 1 aromatic carbocycles. The monoisotopic (exact) mass is 260 g/mol. The largest absolute Gasteiger partial charge is 0.363 e. The Bertz CT molecular complexity index is 662. The van der Waals surface area contributed by atoms with E-state index in [2.05, 4.69) is 9.97 Å². The molecule has 0 saturated heterocycles. The Balaban J connectivity index is 2.58. The van der Waals surface area contributed by atoms with Crippen LogP contribution in [0.2, 0.25) is 0 Å². The van der Waals surface area contributed by atoms with E-state index in [1.807, 2.05) is 6.07 Å². The molecule has 0 fully saturated rings. The summed E-state index contributed by atoms with van der Waals surface area (Å²) >= 11 is 0. The minimum Gasteiger partial charge on any atom is -0.363 e. The van der Waals surface area contributed by atoms with Gasteiger partial charge >= 0.3 is 0 Å². The van der Waals surface area contributed by atoms with Crippen LogP contribution in [-0.4, -0.2) is 24.1 Å². The Morgan fingerprint density at radius 3 is 2.42 bits per heavy atom. The van der Waals surface area contributed by atoms with Crippen LogP contribution < -0.4 is 4.90 Å². The average molecular weight is 260 g/mol. The van der Waals surface area contributed by atoms with Crippen molar-refractivity contribution in [3.8, 4) is 17.5 Å². The number of nitriles is 1. The second-order valence-corrected chi connectivity index (χ2v) is 4.07. The smallest absolute Gasteiger partial charge is 0.163 e. The van der Waals surface area contributed by atoms with E-state index < -0.39 is 11.6 Å².